The van der Waals surface area contributed by atoms with E-state index in [9.17, 15) is 31.9 Å². The van der Waals surface area contributed by atoms with Crippen molar-refractivity contribution in [2.24, 2.45) is 7.05 Å². The summed E-state index contributed by atoms with van der Waals surface area (Å²) in [4.78, 5) is 34.9. The van der Waals surface area contributed by atoms with Gasteiger partial charge in [0.25, 0.3) is 5.56 Å². The zero-order valence-electron chi connectivity index (χ0n) is 11.7. The molecule has 0 amide bonds. The van der Waals surface area contributed by atoms with Crippen LogP contribution in [0.25, 0.3) is 5.69 Å². The fourth-order valence-corrected chi connectivity index (χ4v) is 2.22. The highest BCUT2D eigenvalue weighted by Crippen LogP contribution is 2.27. The molecule has 6 nitrogen and oxygen atoms in total. The first kappa shape index (κ1) is 17.7. The van der Waals surface area contributed by atoms with Crippen LogP contribution in [0.5, 0.6) is 0 Å². The Morgan fingerprint density at radius 2 is 1.79 bits per heavy atom. The Bertz CT molecular complexity index is 962. The number of hydrogen-bond donors (Lipinski definition) is 1. The number of aromatic carboxylic acids is 1. The molecule has 0 aliphatic heterocycles. The molecule has 1 heterocycles. The third kappa shape index (κ3) is 2.92. The number of carbonyl (C=O) groups is 1. The van der Waals surface area contributed by atoms with E-state index in [-0.39, 0.29) is 15.2 Å². The van der Waals surface area contributed by atoms with E-state index >= 15 is 0 Å². The first-order valence-electron chi connectivity index (χ1n) is 6.08. The molecule has 0 bridgehead atoms. The maximum absolute atomic E-state index is 14.0. The van der Waals surface area contributed by atoms with Crippen molar-refractivity contribution in [3.05, 3.63) is 61.1 Å². The molecule has 0 saturated carbocycles. The molecule has 1 aromatic heterocycles. The normalized spacial score (nSPS) is 11.6. The number of halogens is 5. The molecule has 0 unspecified atom stereocenters. The molecule has 128 valence electrons. The Kier molecular flexibility index (Phi) is 4.27. The van der Waals surface area contributed by atoms with Crippen LogP contribution in [0.1, 0.15) is 16.1 Å². The van der Waals surface area contributed by atoms with Crippen molar-refractivity contribution < 1.29 is 27.5 Å². The van der Waals surface area contributed by atoms with Crippen LogP contribution < -0.4 is 11.2 Å². The van der Waals surface area contributed by atoms with Crippen LogP contribution in [0.4, 0.5) is 17.6 Å². The zero-order valence-corrected chi connectivity index (χ0v) is 12.4. The Morgan fingerprint density at radius 1 is 1.21 bits per heavy atom. The number of nitrogens with zero attached hydrogens (tertiary/aromatic N) is 2. The maximum Gasteiger partial charge on any atom is 0.431 e. The molecule has 0 spiro atoms. The molecule has 0 radical (unpaired) electrons. The van der Waals surface area contributed by atoms with E-state index in [2.05, 4.69) is 0 Å². The smallest absolute Gasteiger partial charge is 0.431 e. The minimum Gasteiger partial charge on any atom is -0.478 e. The number of benzene rings is 1. The number of carboxylic acids is 1. The van der Waals surface area contributed by atoms with E-state index in [0.717, 1.165) is 7.05 Å². The SMILES string of the molecule is Cn1c(C(F)(F)F)cc(=O)n(-c2cc(C(=O)O)c(Cl)cc2F)c1=O. The highest BCUT2D eigenvalue weighted by Gasteiger charge is 2.35. The number of alkyl halides is 3. The molecule has 0 saturated heterocycles. The molecular weight excluding hydrogens is 360 g/mol. The first-order valence-corrected chi connectivity index (χ1v) is 6.46. The van der Waals surface area contributed by atoms with Gasteiger partial charge in [-0.2, -0.15) is 13.2 Å². The topological polar surface area (TPSA) is 81.3 Å². The van der Waals surface area contributed by atoms with Gasteiger partial charge >= 0.3 is 17.8 Å². The van der Waals surface area contributed by atoms with Crippen LogP contribution in [0.15, 0.2) is 27.8 Å². The van der Waals surface area contributed by atoms with E-state index in [1.54, 1.807) is 0 Å². The Balaban J connectivity index is 2.88. The van der Waals surface area contributed by atoms with Gasteiger partial charge in [0, 0.05) is 13.1 Å². The van der Waals surface area contributed by atoms with Gasteiger partial charge < -0.3 is 5.11 Å². The van der Waals surface area contributed by atoms with Crippen LogP contribution in [0, 0.1) is 5.82 Å². The number of aromatic nitrogens is 2. The van der Waals surface area contributed by atoms with Crippen LogP contribution in [0.2, 0.25) is 5.02 Å². The third-order valence-corrected chi connectivity index (χ3v) is 3.43. The van der Waals surface area contributed by atoms with Crippen molar-refractivity contribution in [1.82, 2.24) is 9.13 Å². The predicted molar refractivity (Wildman–Crippen MR) is 74.2 cm³/mol. The van der Waals surface area contributed by atoms with Crippen LogP contribution in [0.3, 0.4) is 0 Å². The summed E-state index contributed by atoms with van der Waals surface area (Å²) in [6.07, 6.45) is -4.98. The summed E-state index contributed by atoms with van der Waals surface area (Å²) in [7, 11) is 0.743. The second-order valence-corrected chi connectivity index (χ2v) is 5.04. The average Bonchev–Trinajstić information content (AvgIpc) is 2.43. The third-order valence-electron chi connectivity index (χ3n) is 3.12. The van der Waals surface area contributed by atoms with Gasteiger partial charge in [0.15, 0.2) is 0 Å². The Hall–Kier alpha value is -2.62. The Labute approximate surface area is 135 Å². The lowest BCUT2D eigenvalue weighted by atomic mass is 10.2. The number of rotatable bonds is 2. The zero-order chi connectivity index (χ0) is 18.4. The fourth-order valence-electron chi connectivity index (χ4n) is 1.99. The molecule has 24 heavy (non-hydrogen) atoms. The van der Waals surface area contributed by atoms with Gasteiger partial charge in [-0.1, -0.05) is 11.6 Å². The predicted octanol–water partition coefficient (Wildman–Crippen LogP) is 2.05. The van der Waals surface area contributed by atoms with Gasteiger partial charge in [-0.25, -0.2) is 18.5 Å². The van der Waals surface area contributed by atoms with Gasteiger partial charge in [0.2, 0.25) is 0 Å². The van der Waals surface area contributed by atoms with Gasteiger partial charge in [0.05, 0.1) is 16.3 Å². The number of carboxylic acid groups (broad SMARTS) is 1. The van der Waals surface area contributed by atoms with E-state index in [1.165, 1.54) is 0 Å². The molecule has 2 aromatic rings. The molecule has 0 fully saturated rings. The van der Waals surface area contributed by atoms with Crippen molar-refractivity contribution in [3.63, 3.8) is 0 Å². The number of hydrogen-bond acceptors (Lipinski definition) is 3. The molecule has 11 heteroatoms. The van der Waals surface area contributed by atoms with E-state index in [0.29, 0.717) is 12.1 Å². The molecule has 1 N–H and O–H groups in total. The van der Waals surface area contributed by atoms with Crippen molar-refractivity contribution in [3.8, 4) is 5.69 Å². The van der Waals surface area contributed by atoms with E-state index < -0.39 is 51.2 Å². The highest BCUT2D eigenvalue weighted by molar-refractivity contribution is 6.33. The average molecular weight is 367 g/mol. The largest absolute Gasteiger partial charge is 0.478 e. The molecule has 0 aliphatic rings. The lowest BCUT2D eigenvalue weighted by Crippen LogP contribution is -2.41. The monoisotopic (exact) mass is 366 g/mol. The molecule has 0 atom stereocenters. The molecular formula is C13H7ClF4N2O4. The highest BCUT2D eigenvalue weighted by atomic mass is 35.5. The summed E-state index contributed by atoms with van der Waals surface area (Å²) >= 11 is 5.54. The standard InChI is InChI=1S/C13H7ClF4N2O4/c1-19-9(13(16,17)18)4-10(21)20(12(19)24)8-2-5(11(22)23)6(14)3-7(8)15/h2-4H,1H3,(H,22,23). The first-order chi connectivity index (χ1) is 10.9. The quantitative estimate of drug-likeness (QED) is 0.825. The van der Waals surface area contributed by atoms with E-state index in [1.807, 2.05) is 0 Å². The fraction of sp³-hybridized carbons (Fsp3) is 0.154. The summed E-state index contributed by atoms with van der Waals surface area (Å²) in [5.41, 5.74) is -5.94. The van der Waals surface area contributed by atoms with Gasteiger partial charge in [0.1, 0.15) is 11.5 Å². The van der Waals surface area contributed by atoms with E-state index in [4.69, 9.17) is 16.7 Å². The van der Waals surface area contributed by atoms with Crippen LogP contribution in [-0.4, -0.2) is 20.2 Å². The maximum atomic E-state index is 14.0. The lowest BCUT2D eigenvalue weighted by Gasteiger charge is -2.14. The summed E-state index contributed by atoms with van der Waals surface area (Å²) in [5, 5.41) is 8.45. The van der Waals surface area contributed by atoms with Gasteiger partial charge in [-0.15, -0.1) is 0 Å². The molecule has 0 aliphatic carbocycles. The molecule has 1 aromatic carbocycles. The van der Waals surface area contributed by atoms with Crippen molar-refractivity contribution >= 4 is 17.6 Å². The summed E-state index contributed by atoms with van der Waals surface area (Å²) in [5.74, 6) is -2.82. The van der Waals surface area contributed by atoms with Crippen LogP contribution in [-0.2, 0) is 13.2 Å². The summed E-state index contributed by atoms with van der Waals surface area (Å²) < 4.78 is 52.5. The van der Waals surface area contributed by atoms with Gasteiger partial charge in [-0.05, 0) is 12.1 Å². The summed E-state index contributed by atoms with van der Waals surface area (Å²) in [6.45, 7) is 0. The minimum atomic E-state index is -4.98. The second kappa shape index (κ2) is 5.78. The second-order valence-electron chi connectivity index (χ2n) is 4.63. The summed E-state index contributed by atoms with van der Waals surface area (Å²) in [6, 6.07) is 1.25. The minimum absolute atomic E-state index is 0.0906. The van der Waals surface area contributed by atoms with Crippen molar-refractivity contribution in [2.45, 2.75) is 6.18 Å². The van der Waals surface area contributed by atoms with Crippen molar-refractivity contribution in [1.29, 1.82) is 0 Å². The van der Waals surface area contributed by atoms with Gasteiger partial charge in [-0.3, -0.25) is 9.36 Å². The lowest BCUT2D eigenvalue weighted by molar-refractivity contribution is -0.144. The Morgan fingerprint density at radius 3 is 2.29 bits per heavy atom. The molecule has 2 rings (SSSR count). The van der Waals surface area contributed by atoms with Crippen LogP contribution >= 0.6 is 11.6 Å². The van der Waals surface area contributed by atoms with Crippen molar-refractivity contribution in [2.75, 3.05) is 0 Å².